The molecule has 0 bridgehead atoms. The van der Waals surface area contributed by atoms with Gasteiger partial charge >= 0.3 is 5.97 Å². The number of hydrogen-bond donors (Lipinski definition) is 2. The van der Waals surface area contributed by atoms with Crippen molar-refractivity contribution in [2.45, 2.75) is 19.9 Å². The average molecular weight is 358 g/mol. The molecule has 1 atom stereocenters. The van der Waals surface area contributed by atoms with Crippen LogP contribution in [0.2, 0.25) is 0 Å². The summed E-state index contributed by atoms with van der Waals surface area (Å²) in [6.45, 7) is 4.40. The molecular formula is C19H22N2O3S. The summed E-state index contributed by atoms with van der Waals surface area (Å²) in [6.07, 6.45) is 0. The molecule has 0 aliphatic heterocycles. The molecule has 6 heteroatoms. The van der Waals surface area contributed by atoms with E-state index < -0.39 is 0 Å². The predicted octanol–water partition coefficient (Wildman–Crippen LogP) is 3.54. The molecule has 0 aromatic heterocycles. The van der Waals surface area contributed by atoms with Crippen LogP contribution in [-0.4, -0.2) is 30.8 Å². The van der Waals surface area contributed by atoms with Gasteiger partial charge in [-0.3, -0.25) is 0 Å². The quantitative estimate of drug-likeness (QED) is 0.608. The Morgan fingerprint density at radius 2 is 1.92 bits per heavy atom. The summed E-state index contributed by atoms with van der Waals surface area (Å²) in [5, 5.41) is 6.75. The summed E-state index contributed by atoms with van der Waals surface area (Å²) < 4.78 is 10.4. The Hall–Kier alpha value is -2.60. The lowest BCUT2D eigenvalue weighted by Crippen LogP contribution is -2.39. The number of methoxy groups -OCH3 is 1. The van der Waals surface area contributed by atoms with Crippen LogP contribution in [0.4, 0.5) is 5.69 Å². The Bertz CT molecular complexity index is 735. The summed E-state index contributed by atoms with van der Waals surface area (Å²) >= 11 is 5.35. The molecule has 0 radical (unpaired) electrons. The third kappa shape index (κ3) is 5.76. The first kappa shape index (κ1) is 18.7. The third-order valence-corrected chi connectivity index (χ3v) is 3.75. The Balaban J connectivity index is 1.90. The molecule has 5 nitrogen and oxygen atoms in total. The minimum Gasteiger partial charge on any atom is -0.491 e. The molecule has 0 aliphatic rings. The van der Waals surface area contributed by atoms with Crippen molar-refractivity contribution in [2.75, 3.05) is 19.0 Å². The van der Waals surface area contributed by atoms with Crippen LogP contribution in [0.3, 0.4) is 0 Å². The normalized spacial score (nSPS) is 11.3. The highest BCUT2D eigenvalue weighted by Gasteiger charge is 2.10. The molecule has 0 spiro atoms. The lowest BCUT2D eigenvalue weighted by molar-refractivity contribution is 0.0601. The van der Waals surface area contributed by atoms with Gasteiger partial charge in [0.25, 0.3) is 0 Å². The maximum Gasteiger partial charge on any atom is 0.337 e. The number of anilines is 1. The molecule has 0 heterocycles. The van der Waals surface area contributed by atoms with Gasteiger partial charge in [-0.1, -0.05) is 24.3 Å². The number of carbonyl (C=O) groups is 1. The summed E-state index contributed by atoms with van der Waals surface area (Å²) in [4.78, 5) is 11.6. The van der Waals surface area contributed by atoms with Crippen LogP contribution in [0.1, 0.15) is 22.8 Å². The Morgan fingerprint density at radius 3 is 2.60 bits per heavy atom. The zero-order valence-electron chi connectivity index (χ0n) is 14.5. The fourth-order valence-electron chi connectivity index (χ4n) is 2.16. The van der Waals surface area contributed by atoms with Gasteiger partial charge in [0.15, 0.2) is 5.11 Å². The Morgan fingerprint density at radius 1 is 1.20 bits per heavy atom. The molecule has 132 valence electrons. The summed E-state index contributed by atoms with van der Waals surface area (Å²) in [6, 6.07) is 14.9. The number of esters is 1. The molecule has 2 aromatic rings. The van der Waals surface area contributed by atoms with Gasteiger partial charge in [-0.2, -0.15) is 0 Å². The molecule has 0 aliphatic carbocycles. The lowest BCUT2D eigenvalue weighted by atomic mass is 10.1. The van der Waals surface area contributed by atoms with Gasteiger partial charge in [-0.05, 0) is 55.9 Å². The number of hydrogen-bond acceptors (Lipinski definition) is 4. The van der Waals surface area contributed by atoms with E-state index in [2.05, 4.69) is 10.6 Å². The van der Waals surface area contributed by atoms with E-state index in [1.807, 2.05) is 50.2 Å². The van der Waals surface area contributed by atoms with Crippen LogP contribution in [0.25, 0.3) is 0 Å². The van der Waals surface area contributed by atoms with Gasteiger partial charge in [0.2, 0.25) is 0 Å². The van der Waals surface area contributed by atoms with Gasteiger partial charge in [0.05, 0.1) is 18.7 Å². The number of ether oxygens (including phenoxy) is 2. The highest BCUT2D eigenvalue weighted by molar-refractivity contribution is 7.80. The van der Waals surface area contributed by atoms with Crippen LogP contribution >= 0.6 is 12.2 Å². The van der Waals surface area contributed by atoms with Crippen molar-refractivity contribution in [2.24, 2.45) is 0 Å². The van der Waals surface area contributed by atoms with Gasteiger partial charge in [0.1, 0.15) is 12.4 Å². The molecule has 0 amide bonds. The molecule has 0 unspecified atom stereocenters. The minimum atomic E-state index is -0.383. The van der Waals surface area contributed by atoms with Crippen molar-refractivity contribution in [3.05, 3.63) is 59.7 Å². The first-order valence-electron chi connectivity index (χ1n) is 7.94. The molecular weight excluding hydrogens is 336 g/mol. The second kappa shape index (κ2) is 9.03. The van der Waals surface area contributed by atoms with Crippen molar-refractivity contribution in [1.82, 2.24) is 5.32 Å². The fraction of sp³-hybridized carbons (Fsp3) is 0.263. The van der Waals surface area contributed by atoms with Crippen molar-refractivity contribution in [1.29, 1.82) is 0 Å². The Labute approximate surface area is 153 Å². The van der Waals surface area contributed by atoms with E-state index in [0.717, 1.165) is 17.0 Å². The molecule has 2 rings (SSSR count). The second-order valence-electron chi connectivity index (χ2n) is 5.64. The zero-order chi connectivity index (χ0) is 18.2. The van der Waals surface area contributed by atoms with Crippen LogP contribution in [0.5, 0.6) is 5.75 Å². The average Bonchev–Trinajstić information content (AvgIpc) is 2.62. The summed E-state index contributed by atoms with van der Waals surface area (Å²) in [5.74, 6) is 0.434. The van der Waals surface area contributed by atoms with Gasteiger partial charge in [-0.15, -0.1) is 0 Å². The number of para-hydroxylation sites is 1. The van der Waals surface area contributed by atoms with Crippen LogP contribution in [0.15, 0.2) is 48.5 Å². The molecule has 0 saturated carbocycles. The zero-order valence-corrected chi connectivity index (χ0v) is 15.4. The smallest absolute Gasteiger partial charge is 0.337 e. The van der Waals surface area contributed by atoms with E-state index in [1.165, 1.54) is 7.11 Å². The van der Waals surface area contributed by atoms with Crippen LogP contribution in [-0.2, 0) is 4.74 Å². The maximum absolute atomic E-state index is 11.6. The second-order valence-corrected chi connectivity index (χ2v) is 6.05. The van der Waals surface area contributed by atoms with E-state index in [4.69, 9.17) is 21.7 Å². The van der Waals surface area contributed by atoms with Crippen LogP contribution < -0.4 is 15.4 Å². The van der Waals surface area contributed by atoms with E-state index >= 15 is 0 Å². The fourth-order valence-corrected chi connectivity index (χ4v) is 2.47. The number of nitrogens with one attached hydrogen (secondary N) is 2. The van der Waals surface area contributed by atoms with Crippen molar-refractivity contribution >= 4 is 29.0 Å². The largest absolute Gasteiger partial charge is 0.491 e. The first-order valence-corrected chi connectivity index (χ1v) is 8.34. The third-order valence-electron chi connectivity index (χ3n) is 3.53. The number of carbonyl (C=O) groups excluding carboxylic acids is 1. The minimum absolute atomic E-state index is 0.0179. The molecule has 0 saturated heterocycles. The number of rotatable bonds is 6. The van der Waals surface area contributed by atoms with Crippen molar-refractivity contribution in [3.8, 4) is 5.75 Å². The topological polar surface area (TPSA) is 59.6 Å². The SMILES string of the molecule is COC(=O)c1ccc(C)c(NC(=S)N[C@H](C)COc2ccccc2)c1. The molecule has 25 heavy (non-hydrogen) atoms. The molecule has 2 N–H and O–H groups in total. The number of aryl methyl sites for hydroxylation is 1. The van der Waals surface area contributed by atoms with Gasteiger partial charge in [0, 0.05) is 5.69 Å². The number of thiocarbonyl (C=S) groups is 1. The molecule has 2 aromatic carbocycles. The first-order chi connectivity index (χ1) is 12.0. The molecule has 0 fully saturated rings. The van der Waals surface area contributed by atoms with E-state index in [-0.39, 0.29) is 12.0 Å². The van der Waals surface area contributed by atoms with Gasteiger partial charge in [-0.25, -0.2) is 4.79 Å². The maximum atomic E-state index is 11.6. The Kier molecular flexibility index (Phi) is 6.77. The van der Waals surface area contributed by atoms with Crippen molar-refractivity contribution < 1.29 is 14.3 Å². The monoisotopic (exact) mass is 358 g/mol. The van der Waals surface area contributed by atoms with Crippen molar-refractivity contribution in [3.63, 3.8) is 0 Å². The highest BCUT2D eigenvalue weighted by Crippen LogP contribution is 2.17. The van der Waals surface area contributed by atoms with E-state index in [1.54, 1.807) is 12.1 Å². The predicted molar refractivity (Wildman–Crippen MR) is 103 cm³/mol. The summed E-state index contributed by atoms with van der Waals surface area (Å²) in [5.41, 5.74) is 2.21. The van der Waals surface area contributed by atoms with E-state index in [0.29, 0.717) is 17.3 Å². The van der Waals surface area contributed by atoms with Crippen LogP contribution in [0, 0.1) is 6.92 Å². The van der Waals surface area contributed by atoms with Gasteiger partial charge < -0.3 is 20.1 Å². The lowest BCUT2D eigenvalue weighted by Gasteiger charge is -2.18. The van der Waals surface area contributed by atoms with E-state index in [9.17, 15) is 4.79 Å². The summed E-state index contributed by atoms with van der Waals surface area (Å²) in [7, 11) is 1.36. The standard InChI is InChI=1S/C19H22N2O3S/c1-13-9-10-15(18(22)23-3)11-17(13)21-19(25)20-14(2)12-24-16-7-5-4-6-8-16/h4-11,14H,12H2,1-3H3,(H2,20,21,25)/t14-/m1/s1. The number of benzene rings is 2. The highest BCUT2D eigenvalue weighted by atomic mass is 32.1.